The second kappa shape index (κ2) is 9.40. The van der Waals surface area contributed by atoms with Gasteiger partial charge in [0.25, 0.3) is 5.91 Å². The van der Waals surface area contributed by atoms with Crippen molar-refractivity contribution in [2.24, 2.45) is 0 Å². The van der Waals surface area contributed by atoms with E-state index in [0.717, 1.165) is 0 Å². The minimum Gasteiger partial charge on any atom is -0.486 e. The Morgan fingerprint density at radius 1 is 1.03 bits per heavy atom. The van der Waals surface area contributed by atoms with Crippen molar-refractivity contribution in [1.29, 1.82) is 0 Å². The molecule has 4 rings (SSSR count). The van der Waals surface area contributed by atoms with Gasteiger partial charge in [0, 0.05) is 0 Å². The third-order valence-electron chi connectivity index (χ3n) is 4.40. The van der Waals surface area contributed by atoms with Gasteiger partial charge >= 0.3 is 0 Å². The Hall–Kier alpha value is -2.38. The van der Waals surface area contributed by atoms with Crippen LogP contribution in [0.3, 0.4) is 0 Å². The Labute approximate surface area is 198 Å². The summed E-state index contributed by atoms with van der Waals surface area (Å²) in [5, 5.41) is 0.572. The van der Waals surface area contributed by atoms with Gasteiger partial charge in [0.05, 0.1) is 20.6 Å². The van der Waals surface area contributed by atoms with Gasteiger partial charge in [0.1, 0.15) is 12.4 Å². The van der Waals surface area contributed by atoms with E-state index in [9.17, 15) is 9.18 Å². The lowest BCUT2D eigenvalue weighted by Crippen LogP contribution is -2.27. The van der Waals surface area contributed by atoms with Crippen molar-refractivity contribution in [1.82, 2.24) is 0 Å². The Morgan fingerprint density at radius 2 is 1.74 bits per heavy atom. The molecule has 1 aliphatic heterocycles. The fraction of sp³-hybridized carbons (Fsp3) is 0.0435. The minimum atomic E-state index is -0.346. The topological polar surface area (TPSA) is 29.5 Å². The van der Waals surface area contributed by atoms with Crippen LogP contribution in [0.4, 0.5) is 10.1 Å². The fourth-order valence-corrected chi connectivity index (χ4v) is 4.91. The number of thioether (sulfide) groups is 1. The summed E-state index contributed by atoms with van der Waals surface area (Å²) in [6.07, 6.45) is 1.69. The highest BCUT2D eigenvalue weighted by Crippen LogP contribution is 2.39. The standard InChI is InChI=1S/C23H14Cl2FNO2S2/c24-18-10-15(11-19(25)21(18)29-13-14-5-4-6-16(26)9-14)12-20-22(28)27(23(30)31-20)17-7-2-1-3-8-17/h1-12H,13H2/b20-12+. The molecule has 1 heterocycles. The van der Waals surface area contributed by atoms with Crippen LogP contribution in [-0.4, -0.2) is 10.2 Å². The number of para-hydroxylation sites is 1. The number of halogens is 3. The van der Waals surface area contributed by atoms with E-state index in [1.54, 1.807) is 30.3 Å². The molecule has 156 valence electrons. The second-order valence-corrected chi connectivity index (χ2v) is 9.08. The molecule has 0 spiro atoms. The van der Waals surface area contributed by atoms with Crippen LogP contribution in [0.5, 0.6) is 5.75 Å². The molecule has 0 radical (unpaired) electrons. The minimum absolute atomic E-state index is 0.117. The number of benzene rings is 3. The maximum atomic E-state index is 13.3. The zero-order chi connectivity index (χ0) is 22.0. The number of hydrogen-bond donors (Lipinski definition) is 0. The molecule has 3 nitrogen and oxygen atoms in total. The lowest BCUT2D eigenvalue weighted by atomic mass is 10.2. The first kappa shape index (κ1) is 21.8. The van der Waals surface area contributed by atoms with Gasteiger partial charge < -0.3 is 4.74 Å². The van der Waals surface area contributed by atoms with E-state index in [2.05, 4.69) is 0 Å². The van der Waals surface area contributed by atoms with Crippen LogP contribution < -0.4 is 9.64 Å². The number of thiocarbonyl (C=S) groups is 1. The summed E-state index contributed by atoms with van der Waals surface area (Å²) in [5.41, 5.74) is 2.01. The molecular weight excluding hydrogens is 476 g/mol. The summed E-state index contributed by atoms with van der Waals surface area (Å²) in [6, 6.07) is 18.6. The fourth-order valence-electron chi connectivity index (χ4n) is 3.00. The molecule has 0 aliphatic carbocycles. The monoisotopic (exact) mass is 489 g/mol. The van der Waals surface area contributed by atoms with Gasteiger partial charge in [-0.2, -0.15) is 0 Å². The molecule has 0 N–H and O–H groups in total. The lowest BCUT2D eigenvalue weighted by Gasteiger charge is -2.14. The molecule has 1 fully saturated rings. The molecule has 0 unspecified atom stereocenters. The SMILES string of the molecule is O=C1/C(=C\c2cc(Cl)c(OCc3cccc(F)c3)c(Cl)c2)SC(=S)N1c1ccccc1. The average molecular weight is 490 g/mol. The van der Waals surface area contributed by atoms with E-state index >= 15 is 0 Å². The van der Waals surface area contributed by atoms with Crippen LogP contribution >= 0.6 is 47.2 Å². The van der Waals surface area contributed by atoms with Crippen molar-refractivity contribution in [3.05, 3.63) is 98.6 Å². The molecule has 0 atom stereocenters. The van der Waals surface area contributed by atoms with E-state index in [1.807, 2.05) is 30.3 Å². The van der Waals surface area contributed by atoms with Crippen molar-refractivity contribution in [2.75, 3.05) is 4.90 Å². The van der Waals surface area contributed by atoms with Gasteiger partial charge in [0.15, 0.2) is 10.1 Å². The van der Waals surface area contributed by atoms with Crippen LogP contribution in [0, 0.1) is 5.82 Å². The van der Waals surface area contributed by atoms with E-state index in [0.29, 0.717) is 31.8 Å². The zero-order valence-corrected chi connectivity index (χ0v) is 19.0. The van der Waals surface area contributed by atoms with Crippen molar-refractivity contribution >= 4 is 69.2 Å². The van der Waals surface area contributed by atoms with Crippen LogP contribution in [-0.2, 0) is 11.4 Å². The zero-order valence-electron chi connectivity index (χ0n) is 15.8. The van der Waals surface area contributed by atoms with Crippen LogP contribution in [0.15, 0.2) is 71.6 Å². The highest BCUT2D eigenvalue weighted by atomic mass is 35.5. The van der Waals surface area contributed by atoms with Gasteiger partial charge in [-0.05, 0) is 53.6 Å². The van der Waals surface area contributed by atoms with E-state index in [1.165, 1.54) is 28.8 Å². The third-order valence-corrected chi connectivity index (χ3v) is 6.26. The highest BCUT2D eigenvalue weighted by molar-refractivity contribution is 8.27. The van der Waals surface area contributed by atoms with Gasteiger partial charge in [-0.1, -0.05) is 77.5 Å². The molecule has 31 heavy (non-hydrogen) atoms. The second-order valence-electron chi connectivity index (χ2n) is 6.58. The Balaban J connectivity index is 1.55. The summed E-state index contributed by atoms with van der Waals surface area (Å²) >= 11 is 19.3. The quantitative estimate of drug-likeness (QED) is 0.282. The molecule has 1 aliphatic rings. The van der Waals surface area contributed by atoms with Crippen LogP contribution in [0.25, 0.3) is 6.08 Å². The molecule has 0 aromatic heterocycles. The Kier molecular flexibility index (Phi) is 6.62. The van der Waals surface area contributed by atoms with E-state index in [4.69, 9.17) is 40.2 Å². The highest BCUT2D eigenvalue weighted by Gasteiger charge is 2.33. The summed E-state index contributed by atoms with van der Waals surface area (Å²) in [7, 11) is 0. The van der Waals surface area contributed by atoms with E-state index in [-0.39, 0.29) is 28.4 Å². The normalized spacial score (nSPS) is 15.1. The lowest BCUT2D eigenvalue weighted by molar-refractivity contribution is -0.113. The number of hydrogen-bond acceptors (Lipinski definition) is 4. The molecule has 3 aromatic carbocycles. The van der Waals surface area contributed by atoms with Crippen LogP contribution in [0.2, 0.25) is 10.0 Å². The van der Waals surface area contributed by atoms with Gasteiger partial charge in [-0.15, -0.1) is 0 Å². The maximum Gasteiger partial charge on any atom is 0.270 e. The van der Waals surface area contributed by atoms with Gasteiger partial charge in [0.2, 0.25) is 0 Å². The number of carbonyl (C=O) groups excluding carboxylic acids is 1. The number of carbonyl (C=O) groups is 1. The van der Waals surface area contributed by atoms with E-state index < -0.39 is 0 Å². The molecular formula is C23H14Cl2FNO2S2. The largest absolute Gasteiger partial charge is 0.486 e. The molecule has 8 heteroatoms. The average Bonchev–Trinajstić information content (AvgIpc) is 3.01. The number of nitrogens with zero attached hydrogens (tertiary/aromatic N) is 1. The van der Waals surface area contributed by atoms with Crippen molar-refractivity contribution < 1.29 is 13.9 Å². The number of amides is 1. The Morgan fingerprint density at radius 3 is 2.42 bits per heavy atom. The van der Waals surface area contributed by atoms with Crippen molar-refractivity contribution in [3.8, 4) is 5.75 Å². The predicted molar refractivity (Wildman–Crippen MR) is 129 cm³/mol. The summed E-state index contributed by atoms with van der Waals surface area (Å²) in [5.74, 6) is -0.261. The number of ether oxygens (including phenoxy) is 1. The predicted octanol–water partition coefficient (Wildman–Crippen LogP) is 7.12. The van der Waals surface area contributed by atoms with Crippen LogP contribution in [0.1, 0.15) is 11.1 Å². The number of rotatable bonds is 5. The Bertz CT molecular complexity index is 1180. The first-order chi connectivity index (χ1) is 14.9. The van der Waals surface area contributed by atoms with Crippen molar-refractivity contribution in [3.63, 3.8) is 0 Å². The summed E-state index contributed by atoms with van der Waals surface area (Å²) < 4.78 is 19.5. The smallest absolute Gasteiger partial charge is 0.270 e. The molecule has 0 saturated carbocycles. The van der Waals surface area contributed by atoms with Gasteiger partial charge in [-0.3, -0.25) is 9.69 Å². The van der Waals surface area contributed by atoms with Gasteiger partial charge in [-0.25, -0.2) is 4.39 Å². The maximum absolute atomic E-state index is 13.3. The molecule has 0 bridgehead atoms. The molecule has 1 saturated heterocycles. The molecule has 1 amide bonds. The summed E-state index contributed by atoms with van der Waals surface area (Å²) in [4.78, 5) is 14.8. The first-order valence-electron chi connectivity index (χ1n) is 9.11. The molecule has 3 aromatic rings. The first-order valence-corrected chi connectivity index (χ1v) is 11.1. The van der Waals surface area contributed by atoms with Crippen molar-refractivity contribution in [2.45, 2.75) is 6.61 Å². The summed E-state index contributed by atoms with van der Waals surface area (Å²) in [6.45, 7) is 0.117. The third kappa shape index (κ3) is 4.93. The number of anilines is 1.